The van der Waals surface area contributed by atoms with Crippen molar-refractivity contribution in [1.29, 1.82) is 0 Å². The summed E-state index contributed by atoms with van der Waals surface area (Å²) in [7, 11) is -2.08. The second kappa shape index (κ2) is 7.18. The van der Waals surface area contributed by atoms with Gasteiger partial charge in [0.05, 0.1) is 19.8 Å². The Hall–Kier alpha value is -0.0231. The minimum atomic E-state index is -2.08. The van der Waals surface area contributed by atoms with Gasteiger partial charge in [-0.05, 0) is 32.0 Å². The summed E-state index contributed by atoms with van der Waals surface area (Å²) in [6, 6.07) is 0. The van der Waals surface area contributed by atoms with Gasteiger partial charge < -0.3 is 23.4 Å². The lowest BCUT2D eigenvalue weighted by atomic mass is 9.99. The van der Waals surface area contributed by atoms with Crippen LogP contribution in [0, 0.1) is 0 Å². The van der Waals surface area contributed by atoms with E-state index in [0.29, 0.717) is 0 Å². The molecule has 0 unspecified atom stereocenters. The summed E-state index contributed by atoms with van der Waals surface area (Å²) in [4.78, 5) is 13.1. The van der Waals surface area contributed by atoms with Crippen molar-refractivity contribution in [2.75, 3.05) is 25.7 Å². The van der Waals surface area contributed by atoms with E-state index in [1.165, 1.54) is 0 Å². The third-order valence-electron chi connectivity index (χ3n) is 5.14. The molecule has 3 atom stereocenters. The van der Waals surface area contributed by atoms with Crippen LogP contribution >= 0.6 is 11.6 Å². The van der Waals surface area contributed by atoms with Gasteiger partial charge in [0.15, 0.2) is 20.2 Å². The molecule has 0 N–H and O–H groups in total. The number of carbonyl (C=O) groups excluding carboxylic acids is 1. The highest BCUT2D eigenvalue weighted by atomic mass is 35.5. The number of hydrogen-bond acceptors (Lipinski definition) is 6. The Morgan fingerprint density at radius 2 is 1.92 bits per heavy atom. The largest absolute Gasteiger partial charge is 0.411 e. The van der Waals surface area contributed by atoms with Crippen molar-refractivity contribution in [3.05, 3.63) is 0 Å². The number of alkyl halides is 1. The molecule has 0 radical (unpaired) electrons. The molecule has 0 bridgehead atoms. The van der Waals surface area contributed by atoms with Crippen LogP contribution in [0.4, 0.5) is 0 Å². The van der Waals surface area contributed by atoms with Crippen molar-refractivity contribution >= 4 is 25.7 Å². The van der Waals surface area contributed by atoms with Crippen LogP contribution in [0.25, 0.3) is 0 Å². The molecule has 8 heteroatoms. The highest BCUT2D eigenvalue weighted by Crippen LogP contribution is 2.40. The Balaban J connectivity index is 2.19. The Bertz CT molecular complexity index is 504. The maximum absolute atomic E-state index is 13.1. The molecule has 2 saturated heterocycles. The van der Waals surface area contributed by atoms with Crippen LogP contribution in [0.1, 0.15) is 34.6 Å². The number of ketones is 1. The zero-order chi connectivity index (χ0) is 19.1. The van der Waals surface area contributed by atoms with Gasteiger partial charge in [0.1, 0.15) is 6.10 Å². The molecule has 0 amide bonds. The lowest BCUT2D eigenvalue weighted by Gasteiger charge is -2.42. The highest BCUT2D eigenvalue weighted by molar-refractivity contribution is 6.74. The van der Waals surface area contributed by atoms with E-state index in [0.717, 1.165) is 0 Å². The fraction of sp³-hybridized carbons (Fsp3) is 0.941. The Morgan fingerprint density at radius 1 is 1.28 bits per heavy atom. The second-order valence-corrected chi connectivity index (χ2v) is 13.8. The van der Waals surface area contributed by atoms with Gasteiger partial charge in [0.2, 0.25) is 5.78 Å². The molecule has 6 nitrogen and oxygen atoms in total. The van der Waals surface area contributed by atoms with Crippen molar-refractivity contribution in [3.63, 3.8) is 0 Å². The van der Waals surface area contributed by atoms with Crippen molar-refractivity contribution in [1.82, 2.24) is 0 Å². The zero-order valence-corrected chi connectivity index (χ0v) is 18.1. The maximum atomic E-state index is 13.1. The van der Waals surface area contributed by atoms with Crippen LogP contribution in [0.3, 0.4) is 0 Å². The SMILES string of the molecule is CC1(C)O[C@@H]2CO[C@@](CO[Si](C)(C)C(C)(C)C)(OCCCl)C(=O)[C@@H]2O1. The molecule has 0 aromatic heterocycles. The Labute approximate surface area is 156 Å². The van der Waals surface area contributed by atoms with Crippen LogP contribution in [-0.2, 0) is 28.2 Å². The smallest absolute Gasteiger partial charge is 0.254 e. The van der Waals surface area contributed by atoms with E-state index in [4.69, 9.17) is 35.0 Å². The van der Waals surface area contributed by atoms with Gasteiger partial charge in [-0.3, -0.25) is 4.79 Å². The van der Waals surface area contributed by atoms with Gasteiger partial charge in [-0.1, -0.05) is 20.8 Å². The fourth-order valence-corrected chi connectivity index (χ4v) is 3.71. The number of carbonyl (C=O) groups is 1. The molecule has 0 aliphatic carbocycles. The average molecular weight is 395 g/mol. The predicted octanol–water partition coefficient (Wildman–Crippen LogP) is 3.08. The summed E-state index contributed by atoms with van der Waals surface area (Å²) >= 11 is 5.77. The van der Waals surface area contributed by atoms with Crippen molar-refractivity contribution in [2.24, 2.45) is 0 Å². The summed E-state index contributed by atoms with van der Waals surface area (Å²) < 4.78 is 29.4. The molecule has 0 aromatic carbocycles. The molecule has 2 rings (SSSR count). The highest BCUT2D eigenvalue weighted by Gasteiger charge is 2.58. The summed E-state index contributed by atoms with van der Waals surface area (Å²) in [6.07, 6.45) is -1.15. The first-order valence-corrected chi connectivity index (χ1v) is 12.2. The molecule has 0 aromatic rings. The van der Waals surface area contributed by atoms with Gasteiger partial charge in [0, 0.05) is 5.88 Å². The molecule has 2 heterocycles. The van der Waals surface area contributed by atoms with Crippen LogP contribution in [0.2, 0.25) is 18.1 Å². The van der Waals surface area contributed by atoms with Gasteiger partial charge in [-0.2, -0.15) is 0 Å². The molecule has 2 fully saturated rings. The first-order chi connectivity index (χ1) is 11.3. The number of rotatable bonds is 6. The zero-order valence-electron chi connectivity index (χ0n) is 16.3. The minimum absolute atomic E-state index is 0.00981. The predicted molar refractivity (Wildman–Crippen MR) is 97.3 cm³/mol. The average Bonchev–Trinajstić information content (AvgIpc) is 2.80. The number of Topliss-reactive ketones (excluding diaryl/α,β-unsaturated/α-hetero) is 1. The molecule has 2 aliphatic heterocycles. The van der Waals surface area contributed by atoms with Gasteiger partial charge >= 0.3 is 0 Å². The van der Waals surface area contributed by atoms with Crippen LogP contribution in [0.15, 0.2) is 0 Å². The quantitative estimate of drug-likeness (QED) is 0.509. The number of ether oxygens (including phenoxy) is 4. The second-order valence-electron chi connectivity index (χ2n) is 8.61. The lowest BCUT2D eigenvalue weighted by Crippen LogP contribution is -2.62. The monoisotopic (exact) mass is 394 g/mol. The molecule has 146 valence electrons. The molecule has 25 heavy (non-hydrogen) atoms. The topological polar surface area (TPSA) is 63.2 Å². The van der Waals surface area contributed by atoms with Crippen molar-refractivity contribution < 1.29 is 28.2 Å². The minimum Gasteiger partial charge on any atom is -0.411 e. The van der Waals surface area contributed by atoms with Crippen LogP contribution < -0.4 is 0 Å². The van der Waals surface area contributed by atoms with Crippen molar-refractivity contribution in [3.8, 4) is 0 Å². The molecular formula is C17H31ClO6Si. The standard InChI is InChI=1S/C17H31ClO6Si/c1-15(2,3)25(6,7)22-11-17(20-9-8-18)14(19)13-12(10-21-17)23-16(4,5)24-13/h12-13H,8-11H2,1-7H3/t12-,13-,17-/m1/s1. The summed E-state index contributed by atoms with van der Waals surface area (Å²) in [5, 5.41) is 0.00981. The number of halogens is 1. The maximum Gasteiger partial charge on any atom is 0.254 e. The first-order valence-electron chi connectivity index (χ1n) is 8.71. The van der Waals surface area contributed by atoms with E-state index in [2.05, 4.69) is 33.9 Å². The first kappa shape index (κ1) is 21.3. The van der Waals surface area contributed by atoms with Gasteiger partial charge in [-0.15, -0.1) is 11.6 Å². The summed E-state index contributed by atoms with van der Waals surface area (Å²) in [6.45, 7) is 14.7. The summed E-state index contributed by atoms with van der Waals surface area (Å²) in [5.41, 5.74) is 0. The number of fused-ring (bicyclic) bond motifs is 1. The fourth-order valence-electron chi connectivity index (χ4n) is 2.65. The molecule has 0 saturated carbocycles. The van der Waals surface area contributed by atoms with Gasteiger partial charge in [-0.25, -0.2) is 0 Å². The molecule has 2 aliphatic rings. The van der Waals surface area contributed by atoms with E-state index in [9.17, 15) is 4.79 Å². The van der Waals surface area contributed by atoms with Crippen LogP contribution in [-0.4, -0.2) is 63.6 Å². The number of hydrogen-bond donors (Lipinski definition) is 0. The third-order valence-corrected chi connectivity index (χ3v) is 9.77. The Kier molecular flexibility index (Phi) is 6.11. The molecular weight excluding hydrogens is 364 g/mol. The van der Waals surface area contributed by atoms with Gasteiger partial charge in [0.25, 0.3) is 5.79 Å². The van der Waals surface area contributed by atoms with E-state index < -0.39 is 32.1 Å². The normalized spacial score (nSPS) is 32.7. The lowest BCUT2D eigenvalue weighted by molar-refractivity contribution is -0.263. The summed E-state index contributed by atoms with van der Waals surface area (Å²) in [5.74, 6) is -2.35. The Morgan fingerprint density at radius 3 is 2.48 bits per heavy atom. The van der Waals surface area contributed by atoms with Crippen molar-refractivity contribution in [2.45, 2.75) is 76.5 Å². The van der Waals surface area contributed by atoms with E-state index in [1.807, 2.05) is 0 Å². The molecule has 0 spiro atoms. The van der Waals surface area contributed by atoms with E-state index >= 15 is 0 Å². The van der Waals surface area contributed by atoms with E-state index in [-0.39, 0.29) is 36.5 Å². The third kappa shape index (κ3) is 4.46. The van der Waals surface area contributed by atoms with Crippen LogP contribution in [0.5, 0.6) is 0 Å². The van der Waals surface area contributed by atoms with E-state index in [1.54, 1.807) is 13.8 Å².